The second-order valence-electron chi connectivity index (χ2n) is 5.36. The van der Waals surface area contributed by atoms with Crippen molar-refractivity contribution in [1.29, 1.82) is 0 Å². The Labute approximate surface area is 117 Å². The van der Waals surface area contributed by atoms with Gasteiger partial charge in [-0.2, -0.15) is 0 Å². The van der Waals surface area contributed by atoms with Crippen molar-refractivity contribution in [3.63, 3.8) is 0 Å². The standard InChI is InChI=1S/C13H22O2.Zr/c14-12(15)13(9-5-2-6-10-13)11-7-3-1-4-8-11;/h11H,1-10H2,(H,14,15);. The molecule has 0 heterocycles. The van der Waals surface area contributed by atoms with Crippen LogP contribution in [-0.2, 0) is 31.0 Å². The Hall–Kier alpha value is 0.353. The van der Waals surface area contributed by atoms with Crippen molar-refractivity contribution in [3.05, 3.63) is 0 Å². The van der Waals surface area contributed by atoms with Crippen LogP contribution in [0, 0.1) is 11.3 Å². The van der Waals surface area contributed by atoms with E-state index in [9.17, 15) is 9.90 Å². The van der Waals surface area contributed by atoms with Gasteiger partial charge in [-0.05, 0) is 31.6 Å². The summed E-state index contributed by atoms with van der Waals surface area (Å²) in [6.45, 7) is 0. The van der Waals surface area contributed by atoms with E-state index >= 15 is 0 Å². The third-order valence-electron chi connectivity index (χ3n) is 4.56. The average Bonchev–Trinajstić information content (AvgIpc) is 2.31. The molecule has 2 rings (SSSR count). The van der Waals surface area contributed by atoms with E-state index in [1.807, 2.05) is 0 Å². The average molecular weight is 302 g/mol. The molecule has 2 aliphatic rings. The van der Waals surface area contributed by atoms with Gasteiger partial charge >= 0.3 is 5.97 Å². The van der Waals surface area contributed by atoms with E-state index in [0.717, 1.165) is 38.5 Å². The summed E-state index contributed by atoms with van der Waals surface area (Å²) in [5, 5.41) is 9.54. The Morgan fingerprint density at radius 2 is 1.44 bits per heavy atom. The maximum atomic E-state index is 11.6. The summed E-state index contributed by atoms with van der Waals surface area (Å²) in [6, 6.07) is 0. The molecule has 90 valence electrons. The SMILES string of the molecule is O=C(O)C1(C2CCCCC2)CCCCC1.[Zr]. The monoisotopic (exact) mass is 300 g/mol. The van der Waals surface area contributed by atoms with Gasteiger partial charge in [-0.3, -0.25) is 4.79 Å². The van der Waals surface area contributed by atoms with Crippen LogP contribution in [0.4, 0.5) is 0 Å². The summed E-state index contributed by atoms with van der Waals surface area (Å²) in [5.41, 5.74) is -0.335. The van der Waals surface area contributed by atoms with Crippen molar-refractivity contribution in [2.75, 3.05) is 0 Å². The van der Waals surface area contributed by atoms with Gasteiger partial charge in [-0.15, -0.1) is 0 Å². The van der Waals surface area contributed by atoms with E-state index in [4.69, 9.17) is 0 Å². The zero-order valence-electron chi connectivity index (χ0n) is 10.0. The maximum Gasteiger partial charge on any atom is 0.309 e. The van der Waals surface area contributed by atoms with E-state index in [2.05, 4.69) is 0 Å². The topological polar surface area (TPSA) is 37.3 Å². The molecule has 0 bridgehead atoms. The van der Waals surface area contributed by atoms with Gasteiger partial charge in [0.15, 0.2) is 0 Å². The van der Waals surface area contributed by atoms with Crippen LogP contribution in [-0.4, -0.2) is 11.1 Å². The number of hydrogen-bond donors (Lipinski definition) is 1. The molecule has 0 unspecified atom stereocenters. The van der Waals surface area contributed by atoms with Crippen molar-refractivity contribution in [2.24, 2.45) is 11.3 Å². The Balaban J connectivity index is 0.00000128. The second kappa shape index (κ2) is 6.33. The maximum absolute atomic E-state index is 11.6. The molecular formula is C13H22O2Zr. The first kappa shape index (κ1) is 14.4. The molecule has 0 aromatic heterocycles. The minimum absolute atomic E-state index is 0. The van der Waals surface area contributed by atoms with Crippen LogP contribution in [0.3, 0.4) is 0 Å². The van der Waals surface area contributed by atoms with Crippen LogP contribution >= 0.6 is 0 Å². The number of aliphatic carboxylic acids is 1. The zero-order valence-corrected chi connectivity index (χ0v) is 12.5. The molecule has 3 heteroatoms. The van der Waals surface area contributed by atoms with E-state index in [1.54, 1.807) is 0 Å². The molecule has 1 N–H and O–H groups in total. The Kier molecular flexibility index (Phi) is 5.70. The molecule has 0 atom stereocenters. The van der Waals surface area contributed by atoms with Gasteiger partial charge in [0.1, 0.15) is 0 Å². The van der Waals surface area contributed by atoms with Crippen molar-refractivity contribution < 1.29 is 36.1 Å². The first-order valence-electron chi connectivity index (χ1n) is 6.49. The fourth-order valence-corrected chi connectivity index (χ4v) is 3.63. The molecule has 2 fully saturated rings. The van der Waals surface area contributed by atoms with Crippen LogP contribution in [0.25, 0.3) is 0 Å². The van der Waals surface area contributed by atoms with Gasteiger partial charge in [-0.1, -0.05) is 38.5 Å². The Morgan fingerprint density at radius 3 is 1.94 bits per heavy atom. The Morgan fingerprint density at radius 1 is 0.938 bits per heavy atom. The largest absolute Gasteiger partial charge is 0.481 e. The first-order chi connectivity index (χ1) is 7.26. The smallest absolute Gasteiger partial charge is 0.309 e. The summed E-state index contributed by atoms with van der Waals surface area (Å²) in [6.07, 6.45) is 11.5. The number of carboxylic acid groups (broad SMARTS) is 1. The van der Waals surface area contributed by atoms with Crippen molar-refractivity contribution >= 4 is 5.97 Å². The van der Waals surface area contributed by atoms with Gasteiger partial charge in [0.25, 0.3) is 0 Å². The van der Waals surface area contributed by atoms with Gasteiger partial charge in [0, 0.05) is 26.2 Å². The van der Waals surface area contributed by atoms with Crippen molar-refractivity contribution in [3.8, 4) is 0 Å². The molecule has 2 saturated carbocycles. The second-order valence-corrected chi connectivity index (χ2v) is 5.36. The van der Waals surface area contributed by atoms with Crippen LogP contribution in [0.15, 0.2) is 0 Å². The normalized spacial score (nSPS) is 25.8. The van der Waals surface area contributed by atoms with Crippen molar-refractivity contribution in [2.45, 2.75) is 64.2 Å². The van der Waals surface area contributed by atoms with E-state index in [1.165, 1.54) is 25.7 Å². The van der Waals surface area contributed by atoms with E-state index in [0.29, 0.717) is 5.92 Å². The molecule has 0 aromatic rings. The summed E-state index contributed by atoms with van der Waals surface area (Å²) in [4.78, 5) is 11.6. The van der Waals surface area contributed by atoms with Crippen LogP contribution in [0.5, 0.6) is 0 Å². The Bertz CT molecular complexity index is 228. The van der Waals surface area contributed by atoms with Gasteiger partial charge in [0.2, 0.25) is 0 Å². The fourth-order valence-electron chi connectivity index (χ4n) is 3.63. The van der Waals surface area contributed by atoms with E-state index < -0.39 is 5.97 Å². The minimum Gasteiger partial charge on any atom is -0.481 e. The van der Waals surface area contributed by atoms with Crippen molar-refractivity contribution in [1.82, 2.24) is 0 Å². The summed E-state index contributed by atoms with van der Waals surface area (Å²) in [5.74, 6) is -0.0295. The molecule has 0 aliphatic heterocycles. The van der Waals surface area contributed by atoms with Gasteiger partial charge in [-0.25, -0.2) is 0 Å². The molecule has 0 amide bonds. The number of carboxylic acids is 1. The molecule has 0 radical (unpaired) electrons. The number of hydrogen-bond acceptors (Lipinski definition) is 1. The molecular weight excluding hydrogens is 279 g/mol. The summed E-state index contributed by atoms with van der Waals surface area (Å²) >= 11 is 0. The predicted molar refractivity (Wildman–Crippen MR) is 59.7 cm³/mol. The zero-order chi connectivity index (χ0) is 10.7. The molecule has 2 nitrogen and oxygen atoms in total. The van der Waals surface area contributed by atoms with E-state index in [-0.39, 0.29) is 31.6 Å². The number of rotatable bonds is 2. The third kappa shape index (κ3) is 2.78. The van der Waals surface area contributed by atoms with Gasteiger partial charge in [0.05, 0.1) is 5.41 Å². The van der Waals surface area contributed by atoms with Crippen LogP contribution < -0.4 is 0 Å². The predicted octanol–water partition coefficient (Wildman–Crippen LogP) is 3.60. The third-order valence-corrected chi connectivity index (χ3v) is 4.56. The minimum atomic E-state index is -0.505. The summed E-state index contributed by atoms with van der Waals surface area (Å²) in [7, 11) is 0. The molecule has 0 spiro atoms. The van der Waals surface area contributed by atoms with Crippen LogP contribution in [0.1, 0.15) is 64.2 Å². The number of carbonyl (C=O) groups is 1. The van der Waals surface area contributed by atoms with Crippen LogP contribution in [0.2, 0.25) is 0 Å². The van der Waals surface area contributed by atoms with Gasteiger partial charge < -0.3 is 5.11 Å². The quantitative estimate of drug-likeness (QED) is 0.846. The molecule has 0 saturated heterocycles. The molecule has 2 aliphatic carbocycles. The fraction of sp³-hybridized carbons (Fsp3) is 0.923. The molecule has 16 heavy (non-hydrogen) atoms. The first-order valence-corrected chi connectivity index (χ1v) is 6.49. The summed E-state index contributed by atoms with van der Waals surface area (Å²) < 4.78 is 0. The molecule has 0 aromatic carbocycles.